The molecule has 0 aromatic rings. The molecule has 2 atom stereocenters. The van der Waals surface area contributed by atoms with Crippen LogP contribution in [0.15, 0.2) is 0 Å². The van der Waals surface area contributed by atoms with Gasteiger partial charge in [-0.15, -0.1) is 0 Å². The molecule has 0 aliphatic carbocycles. The predicted octanol–water partition coefficient (Wildman–Crippen LogP) is 1.17. The zero-order chi connectivity index (χ0) is 13.5. The minimum absolute atomic E-state index is 0.0582. The third-order valence-electron chi connectivity index (χ3n) is 3.88. The molecule has 1 fully saturated rings. The first-order valence-electron chi connectivity index (χ1n) is 7.29. The van der Waals surface area contributed by atoms with E-state index in [0.29, 0.717) is 5.92 Å². The molecule has 1 aliphatic heterocycles. The maximum atomic E-state index is 12.1. The number of hydrogen-bond acceptors (Lipinski definition) is 3. The number of likely N-dealkylation sites (N-methyl/N-ethyl adjacent to an activating group) is 1. The summed E-state index contributed by atoms with van der Waals surface area (Å²) in [7, 11) is 2.18. The topological polar surface area (TPSA) is 35.6 Å². The fourth-order valence-electron chi connectivity index (χ4n) is 2.68. The van der Waals surface area contributed by atoms with Crippen LogP contribution < -0.4 is 5.32 Å². The van der Waals surface area contributed by atoms with Gasteiger partial charge >= 0.3 is 0 Å². The molecule has 0 saturated carbocycles. The summed E-state index contributed by atoms with van der Waals surface area (Å²) in [5, 5.41) is 3.40. The Morgan fingerprint density at radius 1 is 1.44 bits per heavy atom. The lowest BCUT2D eigenvalue weighted by atomic mass is 9.98. The maximum Gasteiger partial charge on any atom is 0.239 e. The molecule has 4 nitrogen and oxygen atoms in total. The smallest absolute Gasteiger partial charge is 0.239 e. The van der Waals surface area contributed by atoms with Gasteiger partial charge in [0, 0.05) is 19.6 Å². The molecule has 4 heteroatoms. The Labute approximate surface area is 112 Å². The summed E-state index contributed by atoms with van der Waals surface area (Å²) >= 11 is 0. The van der Waals surface area contributed by atoms with E-state index < -0.39 is 0 Å². The average Bonchev–Trinajstić information content (AvgIpc) is 2.37. The van der Waals surface area contributed by atoms with Crippen LogP contribution in [-0.2, 0) is 4.79 Å². The molecule has 0 aromatic heterocycles. The highest BCUT2D eigenvalue weighted by atomic mass is 16.2. The molecule has 18 heavy (non-hydrogen) atoms. The lowest BCUT2D eigenvalue weighted by Gasteiger charge is -2.31. The fraction of sp³-hybridized carbons (Fsp3) is 0.929. The van der Waals surface area contributed by atoms with E-state index in [1.807, 2.05) is 25.7 Å². The number of likely N-dealkylation sites (tertiary alicyclic amines) is 1. The molecule has 106 valence electrons. The van der Waals surface area contributed by atoms with Gasteiger partial charge in [0.05, 0.1) is 6.04 Å². The minimum atomic E-state index is -0.0582. The van der Waals surface area contributed by atoms with Crippen LogP contribution in [0.25, 0.3) is 0 Å². The zero-order valence-corrected chi connectivity index (χ0v) is 12.4. The Bertz CT molecular complexity index is 253. The zero-order valence-electron chi connectivity index (χ0n) is 12.4. The molecule has 1 amide bonds. The van der Waals surface area contributed by atoms with Crippen molar-refractivity contribution in [3.8, 4) is 0 Å². The number of hydrogen-bond donors (Lipinski definition) is 1. The molecule has 2 unspecified atom stereocenters. The number of nitrogens with one attached hydrogen (secondary N) is 1. The van der Waals surface area contributed by atoms with E-state index in [1.165, 1.54) is 19.4 Å². The summed E-state index contributed by atoms with van der Waals surface area (Å²) in [4.78, 5) is 16.4. The number of rotatable bonds is 6. The van der Waals surface area contributed by atoms with Crippen molar-refractivity contribution in [1.82, 2.24) is 15.1 Å². The van der Waals surface area contributed by atoms with E-state index in [-0.39, 0.29) is 11.9 Å². The lowest BCUT2D eigenvalue weighted by molar-refractivity contribution is -0.132. The average molecular weight is 255 g/mol. The van der Waals surface area contributed by atoms with Crippen LogP contribution in [0.4, 0.5) is 0 Å². The van der Waals surface area contributed by atoms with Gasteiger partial charge in [-0.05, 0) is 59.7 Å². The van der Waals surface area contributed by atoms with Crippen molar-refractivity contribution in [1.29, 1.82) is 0 Å². The van der Waals surface area contributed by atoms with Gasteiger partial charge in [-0.3, -0.25) is 4.79 Å². The summed E-state index contributed by atoms with van der Waals surface area (Å²) in [5.74, 6) is 0.917. The third kappa shape index (κ3) is 4.58. The van der Waals surface area contributed by atoms with Gasteiger partial charge in [0.2, 0.25) is 5.91 Å². The lowest BCUT2D eigenvalue weighted by Crippen LogP contribution is -2.47. The van der Waals surface area contributed by atoms with Crippen LogP contribution >= 0.6 is 0 Å². The van der Waals surface area contributed by atoms with Crippen molar-refractivity contribution in [3.05, 3.63) is 0 Å². The summed E-state index contributed by atoms with van der Waals surface area (Å²) < 4.78 is 0. The largest absolute Gasteiger partial charge is 0.342 e. The first-order valence-corrected chi connectivity index (χ1v) is 7.29. The van der Waals surface area contributed by atoms with Gasteiger partial charge in [-0.25, -0.2) is 0 Å². The Morgan fingerprint density at radius 2 is 2.11 bits per heavy atom. The molecule has 1 rings (SSSR count). The molecule has 0 bridgehead atoms. The summed E-state index contributed by atoms with van der Waals surface area (Å²) in [6.07, 6.45) is 2.56. The number of carbonyl (C=O) groups excluding carboxylic acids is 1. The monoisotopic (exact) mass is 255 g/mol. The molecule has 1 saturated heterocycles. The number of carbonyl (C=O) groups is 1. The Balaban J connectivity index is 2.31. The second-order valence-electron chi connectivity index (χ2n) is 5.41. The maximum absolute atomic E-state index is 12.1. The molecular weight excluding hydrogens is 226 g/mol. The van der Waals surface area contributed by atoms with Crippen molar-refractivity contribution in [3.63, 3.8) is 0 Å². The van der Waals surface area contributed by atoms with Crippen molar-refractivity contribution in [2.24, 2.45) is 5.92 Å². The van der Waals surface area contributed by atoms with Crippen LogP contribution in [-0.4, -0.2) is 61.5 Å². The van der Waals surface area contributed by atoms with Crippen molar-refractivity contribution in [2.45, 2.75) is 39.7 Å². The van der Waals surface area contributed by atoms with Gasteiger partial charge in [0.1, 0.15) is 0 Å². The second-order valence-corrected chi connectivity index (χ2v) is 5.41. The predicted molar refractivity (Wildman–Crippen MR) is 75.6 cm³/mol. The summed E-state index contributed by atoms with van der Waals surface area (Å²) in [6.45, 7) is 11.0. The van der Waals surface area contributed by atoms with Gasteiger partial charge in [-0.1, -0.05) is 0 Å². The molecule has 1 heterocycles. The fourth-order valence-corrected chi connectivity index (χ4v) is 2.68. The summed E-state index contributed by atoms with van der Waals surface area (Å²) in [5.41, 5.74) is 0. The van der Waals surface area contributed by atoms with Crippen LogP contribution in [0.5, 0.6) is 0 Å². The van der Waals surface area contributed by atoms with Gasteiger partial charge in [0.15, 0.2) is 0 Å². The van der Waals surface area contributed by atoms with E-state index in [1.54, 1.807) is 0 Å². The molecule has 0 radical (unpaired) electrons. The minimum Gasteiger partial charge on any atom is -0.342 e. The van der Waals surface area contributed by atoms with E-state index in [4.69, 9.17) is 0 Å². The number of amides is 1. The van der Waals surface area contributed by atoms with Crippen molar-refractivity contribution in [2.75, 3.05) is 39.8 Å². The standard InChI is InChI=1S/C14H29N3O/c1-5-17(6-2)14(18)12(3)15-10-13-8-7-9-16(4)11-13/h12-13,15H,5-11H2,1-4H3. The molecule has 0 spiro atoms. The SMILES string of the molecule is CCN(CC)C(=O)C(C)NCC1CCCN(C)C1. The number of nitrogens with zero attached hydrogens (tertiary/aromatic N) is 2. The van der Waals surface area contributed by atoms with E-state index in [9.17, 15) is 4.79 Å². The van der Waals surface area contributed by atoms with Gasteiger partial charge < -0.3 is 15.1 Å². The van der Waals surface area contributed by atoms with Crippen LogP contribution in [0, 0.1) is 5.92 Å². The highest BCUT2D eigenvalue weighted by Crippen LogP contribution is 2.14. The molecule has 1 aliphatic rings. The van der Waals surface area contributed by atoms with Crippen LogP contribution in [0.1, 0.15) is 33.6 Å². The molecule has 0 aromatic carbocycles. The van der Waals surface area contributed by atoms with Gasteiger partial charge in [0.25, 0.3) is 0 Å². The van der Waals surface area contributed by atoms with Crippen LogP contribution in [0.3, 0.4) is 0 Å². The Kier molecular flexibility index (Phi) is 6.65. The third-order valence-corrected chi connectivity index (χ3v) is 3.88. The molecule has 1 N–H and O–H groups in total. The Morgan fingerprint density at radius 3 is 2.67 bits per heavy atom. The second kappa shape index (κ2) is 7.74. The van der Waals surface area contributed by atoms with E-state index in [2.05, 4.69) is 17.3 Å². The quantitative estimate of drug-likeness (QED) is 0.774. The first-order chi connectivity index (χ1) is 8.58. The van der Waals surface area contributed by atoms with Crippen molar-refractivity contribution >= 4 is 5.91 Å². The number of piperidine rings is 1. The Hall–Kier alpha value is -0.610. The molecular formula is C14H29N3O. The normalized spacial score (nSPS) is 22.8. The van der Waals surface area contributed by atoms with E-state index >= 15 is 0 Å². The highest BCUT2D eigenvalue weighted by molar-refractivity contribution is 5.81. The summed E-state index contributed by atoms with van der Waals surface area (Å²) in [6, 6.07) is -0.0582. The van der Waals surface area contributed by atoms with Crippen molar-refractivity contribution < 1.29 is 4.79 Å². The highest BCUT2D eigenvalue weighted by Gasteiger charge is 2.21. The van der Waals surface area contributed by atoms with Crippen LogP contribution in [0.2, 0.25) is 0 Å². The first kappa shape index (κ1) is 15.4. The van der Waals surface area contributed by atoms with E-state index in [0.717, 1.165) is 26.2 Å². The van der Waals surface area contributed by atoms with Gasteiger partial charge in [-0.2, -0.15) is 0 Å².